The Kier molecular flexibility index (Phi) is 4.17. The van der Waals surface area contributed by atoms with Crippen LogP contribution in [0.4, 0.5) is 0 Å². The van der Waals surface area contributed by atoms with E-state index in [-0.39, 0.29) is 25.7 Å². The van der Waals surface area contributed by atoms with Gasteiger partial charge in [0.25, 0.3) is 11.8 Å². The number of carbonyl (C=O) groups is 4. The lowest BCUT2D eigenvalue weighted by molar-refractivity contribution is -0.197. The van der Waals surface area contributed by atoms with Crippen LogP contribution >= 0.6 is 0 Å². The number of amides is 2. The van der Waals surface area contributed by atoms with Crippen molar-refractivity contribution in [2.45, 2.75) is 25.7 Å². The van der Waals surface area contributed by atoms with Gasteiger partial charge in [0.1, 0.15) is 0 Å². The summed E-state index contributed by atoms with van der Waals surface area (Å²) in [6, 6.07) is 0. The molecule has 0 aliphatic carbocycles. The second-order valence-corrected chi connectivity index (χ2v) is 3.35. The van der Waals surface area contributed by atoms with E-state index in [0.29, 0.717) is 5.06 Å². The van der Waals surface area contributed by atoms with Crippen LogP contribution in [0, 0.1) is 0 Å². The molecule has 0 radical (unpaired) electrons. The summed E-state index contributed by atoms with van der Waals surface area (Å²) in [5.41, 5.74) is 0. The third-order valence-electron chi connectivity index (χ3n) is 1.89. The van der Waals surface area contributed by atoms with Crippen LogP contribution in [0.1, 0.15) is 25.7 Å². The van der Waals surface area contributed by atoms with Gasteiger partial charge >= 0.3 is 22.4 Å². The fourth-order valence-electron chi connectivity index (χ4n) is 1.08. The Labute approximate surface area is 94.2 Å². The molecule has 0 aromatic heterocycles. The molecule has 1 saturated heterocycles. The average Bonchev–Trinajstić information content (AvgIpc) is 2.57. The van der Waals surface area contributed by atoms with E-state index < -0.39 is 23.8 Å². The normalized spacial score (nSPS) is 15.1. The molecule has 0 saturated carbocycles. The molecule has 0 aromatic carbocycles. The van der Waals surface area contributed by atoms with E-state index in [0.717, 1.165) is 10.5 Å². The monoisotopic (exact) mass is 244 g/mol. The van der Waals surface area contributed by atoms with Gasteiger partial charge in [0.15, 0.2) is 0 Å². The van der Waals surface area contributed by atoms with Gasteiger partial charge in [-0.3, -0.25) is 9.59 Å². The maximum absolute atomic E-state index is 11.1. The Morgan fingerprint density at radius 3 is 2.12 bits per heavy atom. The molecule has 86 valence electrons. The highest BCUT2D eigenvalue weighted by Crippen LogP contribution is 2.12. The molecule has 1 aliphatic heterocycles. The molecule has 0 bridgehead atoms. The smallest absolute Gasteiger partial charge is 0.330 e. The molecule has 0 aromatic rings. The van der Waals surface area contributed by atoms with Crippen LogP contribution in [0.25, 0.3) is 0 Å². The van der Waals surface area contributed by atoms with E-state index in [2.05, 4.69) is 9.26 Å². The highest BCUT2D eigenvalue weighted by Gasteiger charge is 2.32. The van der Waals surface area contributed by atoms with Crippen molar-refractivity contribution in [1.82, 2.24) is 5.06 Å². The van der Waals surface area contributed by atoms with Crippen molar-refractivity contribution in [3.8, 4) is 0 Å². The zero-order chi connectivity index (χ0) is 12.1. The van der Waals surface area contributed by atoms with Crippen LogP contribution < -0.4 is 0 Å². The predicted octanol–water partition coefficient (Wildman–Crippen LogP) is -1.53. The molecule has 8 heteroatoms. The number of carbonyl (C=O) groups excluding carboxylic acids is 4. The molecule has 0 spiro atoms. The largest absolute Gasteiger partial charge is 0.519 e. The van der Waals surface area contributed by atoms with Crippen LogP contribution in [0.2, 0.25) is 0 Å². The second-order valence-electron chi connectivity index (χ2n) is 3.06. The number of hydrogen-bond donors (Lipinski definition) is 0. The van der Waals surface area contributed by atoms with Gasteiger partial charge in [-0.25, -0.2) is 9.59 Å². The van der Waals surface area contributed by atoms with Crippen molar-refractivity contribution in [2.75, 3.05) is 0 Å². The van der Waals surface area contributed by atoms with E-state index in [1.54, 1.807) is 0 Å². The molecule has 0 atom stereocenters. The summed E-state index contributed by atoms with van der Waals surface area (Å²) in [5, 5.41) is 0.446. The molecule has 1 rings (SSSR count). The van der Waals surface area contributed by atoms with Crippen LogP contribution in [-0.2, 0) is 28.4 Å². The van der Waals surface area contributed by atoms with Crippen molar-refractivity contribution in [3.05, 3.63) is 0 Å². The number of nitrogens with zero attached hydrogens (tertiary/aromatic N) is 1. The molecule has 1 aliphatic rings. The fourth-order valence-corrected chi connectivity index (χ4v) is 1.23. The molecular weight excluding hydrogens is 234 g/mol. The van der Waals surface area contributed by atoms with Crippen LogP contribution in [0.3, 0.4) is 0 Å². The summed E-state index contributed by atoms with van der Waals surface area (Å²) >= 11 is 0. The lowest BCUT2D eigenvalue weighted by atomic mass is 10.3. The number of hydroxylamine groups is 2. The van der Waals surface area contributed by atoms with Crippen molar-refractivity contribution < 1.29 is 28.4 Å². The van der Waals surface area contributed by atoms with E-state index in [1.165, 1.54) is 0 Å². The van der Waals surface area contributed by atoms with E-state index in [4.69, 9.17) is 0 Å². The predicted molar refractivity (Wildman–Crippen MR) is 51.0 cm³/mol. The first kappa shape index (κ1) is 12.4. The van der Waals surface area contributed by atoms with Gasteiger partial charge in [-0.1, -0.05) is 0 Å². The van der Waals surface area contributed by atoms with E-state index in [9.17, 15) is 19.2 Å². The van der Waals surface area contributed by atoms with Crippen molar-refractivity contribution in [3.63, 3.8) is 0 Å². The molecule has 1 fully saturated rings. The average molecular weight is 244 g/mol. The number of rotatable bonds is 4. The van der Waals surface area contributed by atoms with Crippen LogP contribution in [0.5, 0.6) is 0 Å². The zero-order valence-electron chi connectivity index (χ0n) is 8.43. The molecule has 0 unspecified atom stereocenters. The van der Waals surface area contributed by atoms with Gasteiger partial charge in [0, 0.05) is 12.8 Å². The minimum Gasteiger partial charge on any atom is -0.330 e. The SMILES string of the molecule is O=C(CCC(=O)ON1C(=O)CCC1=O)O[SiH2+]. The third-order valence-corrected chi connectivity index (χ3v) is 2.22. The van der Waals surface area contributed by atoms with Gasteiger partial charge in [-0.05, 0) is 0 Å². The van der Waals surface area contributed by atoms with E-state index >= 15 is 0 Å². The van der Waals surface area contributed by atoms with Crippen molar-refractivity contribution >= 4 is 34.2 Å². The summed E-state index contributed by atoms with van der Waals surface area (Å²) in [6.07, 6.45) is -0.277. The van der Waals surface area contributed by atoms with Crippen molar-refractivity contribution in [1.29, 1.82) is 0 Å². The summed E-state index contributed by atoms with van der Waals surface area (Å²) < 4.78 is 4.35. The Morgan fingerprint density at radius 1 is 1.12 bits per heavy atom. The van der Waals surface area contributed by atoms with Gasteiger partial charge in [-0.2, -0.15) is 0 Å². The second kappa shape index (κ2) is 5.40. The first-order valence-corrected chi connectivity index (χ1v) is 5.13. The highest BCUT2D eigenvalue weighted by atomic mass is 28.2. The first-order chi connectivity index (χ1) is 7.54. The fraction of sp³-hybridized carbons (Fsp3) is 0.500. The quantitative estimate of drug-likeness (QED) is 0.440. The lowest BCUT2D eigenvalue weighted by Crippen LogP contribution is -2.32. The molecule has 7 nitrogen and oxygen atoms in total. The summed E-state index contributed by atoms with van der Waals surface area (Å²) in [5.74, 6) is -2.44. The summed E-state index contributed by atoms with van der Waals surface area (Å²) in [6.45, 7) is 0. The van der Waals surface area contributed by atoms with Crippen molar-refractivity contribution in [2.24, 2.45) is 0 Å². The third kappa shape index (κ3) is 3.16. The summed E-state index contributed by atoms with van der Waals surface area (Å²) in [7, 11) is 1.01. The Balaban J connectivity index is 2.36. The molecule has 16 heavy (non-hydrogen) atoms. The standard InChI is InChI=1S/C8H10NO6Si/c10-5-1-2-6(11)9(5)14-7(12)3-4-8(13)15-16/h1-4,16H2/q+1. The molecular formula is C8H10NO6Si+. The van der Waals surface area contributed by atoms with Crippen LogP contribution in [0.15, 0.2) is 0 Å². The van der Waals surface area contributed by atoms with Crippen LogP contribution in [-0.4, -0.2) is 39.3 Å². The zero-order valence-corrected chi connectivity index (χ0v) is 9.85. The maximum Gasteiger partial charge on any atom is 0.519 e. The van der Waals surface area contributed by atoms with E-state index in [1.807, 2.05) is 0 Å². The van der Waals surface area contributed by atoms with Gasteiger partial charge < -0.3 is 9.26 Å². The minimum absolute atomic E-state index is 0.0459. The maximum atomic E-state index is 11.1. The highest BCUT2D eigenvalue weighted by molar-refractivity contribution is 6.05. The molecule has 1 heterocycles. The Hall–Kier alpha value is -1.70. The molecule has 2 amide bonds. The number of imide groups is 1. The lowest BCUT2D eigenvalue weighted by Gasteiger charge is -2.11. The van der Waals surface area contributed by atoms with Gasteiger partial charge in [-0.15, -0.1) is 5.06 Å². The van der Waals surface area contributed by atoms with Gasteiger partial charge in [0.2, 0.25) is 0 Å². The summed E-state index contributed by atoms with van der Waals surface area (Å²) in [4.78, 5) is 48.5. The minimum atomic E-state index is -0.808. The first-order valence-electron chi connectivity index (χ1n) is 4.56. The topological polar surface area (TPSA) is 90.0 Å². The Morgan fingerprint density at radius 2 is 1.62 bits per heavy atom. The number of hydrogen-bond acceptors (Lipinski definition) is 6. The van der Waals surface area contributed by atoms with Gasteiger partial charge in [0.05, 0.1) is 12.8 Å². The Bertz CT molecular complexity index is 325. The molecule has 0 N–H and O–H groups in total.